The number of hydrogen-bond acceptors (Lipinski definition) is 3. The van der Waals surface area contributed by atoms with Gasteiger partial charge in [0.25, 0.3) is 5.91 Å². The lowest BCUT2D eigenvalue weighted by Gasteiger charge is -2.12. The summed E-state index contributed by atoms with van der Waals surface area (Å²) in [4.78, 5) is 15.9. The van der Waals surface area contributed by atoms with Crippen LogP contribution >= 0.6 is 0 Å². The highest BCUT2D eigenvalue weighted by atomic mass is 16.7. The first-order valence-electron chi connectivity index (χ1n) is 3.52. The van der Waals surface area contributed by atoms with Crippen LogP contribution in [0.15, 0.2) is 18.5 Å². The number of amides is 1. The Morgan fingerprint density at radius 3 is 3.00 bits per heavy atom. The van der Waals surface area contributed by atoms with E-state index in [0.717, 1.165) is 0 Å². The number of carbonyl (C=O) groups excluding carboxylic acids is 1. The van der Waals surface area contributed by atoms with Crippen molar-refractivity contribution < 1.29 is 9.63 Å². The smallest absolute Gasteiger partial charge is 0.267 e. The molecule has 0 radical (unpaired) electrons. The molecule has 0 unspecified atom stereocenters. The minimum absolute atomic E-state index is 0.138. The fourth-order valence-corrected chi connectivity index (χ4v) is 0.734. The zero-order valence-electron chi connectivity index (χ0n) is 7.10. The highest BCUT2D eigenvalue weighted by molar-refractivity contribution is 5.74. The Bertz CT molecular complexity index is 245. The molecular formula is C7H11N3O2. The van der Waals surface area contributed by atoms with Crippen LogP contribution in [0.1, 0.15) is 0 Å². The number of hydrogen-bond donors (Lipinski definition) is 0. The third kappa shape index (κ3) is 2.06. The Hall–Kier alpha value is -1.36. The third-order valence-electron chi connectivity index (χ3n) is 1.48. The second-order valence-electron chi connectivity index (χ2n) is 2.28. The molecule has 5 nitrogen and oxygen atoms in total. The third-order valence-corrected chi connectivity index (χ3v) is 1.48. The highest BCUT2D eigenvalue weighted by Gasteiger charge is 2.07. The molecule has 5 heteroatoms. The van der Waals surface area contributed by atoms with Gasteiger partial charge in [0.15, 0.2) is 0 Å². The molecule has 0 aliphatic heterocycles. The Morgan fingerprint density at radius 1 is 1.75 bits per heavy atom. The van der Waals surface area contributed by atoms with Crippen molar-refractivity contribution in [3.05, 3.63) is 18.5 Å². The lowest BCUT2D eigenvalue weighted by atomic mass is 10.6. The van der Waals surface area contributed by atoms with Crippen molar-refractivity contribution in [3.8, 4) is 0 Å². The molecule has 0 saturated heterocycles. The number of aromatic nitrogens is 2. The summed E-state index contributed by atoms with van der Waals surface area (Å²) in [6.45, 7) is 0.206. The van der Waals surface area contributed by atoms with Crippen LogP contribution in [0.5, 0.6) is 0 Å². The van der Waals surface area contributed by atoms with E-state index in [1.165, 1.54) is 16.9 Å². The monoisotopic (exact) mass is 169 g/mol. The summed E-state index contributed by atoms with van der Waals surface area (Å²) in [5, 5.41) is 5.05. The lowest BCUT2D eigenvalue weighted by molar-refractivity contribution is -0.169. The molecule has 1 aromatic rings. The second-order valence-corrected chi connectivity index (χ2v) is 2.28. The van der Waals surface area contributed by atoms with Crippen LogP contribution in [0, 0.1) is 0 Å². The van der Waals surface area contributed by atoms with Gasteiger partial charge in [-0.25, -0.2) is 5.06 Å². The fourth-order valence-electron chi connectivity index (χ4n) is 0.734. The van der Waals surface area contributed by atoms with E-state index in [-0.39, 0.29) is 12.5 Å². The van der Waals surface area contributed by atoms with Crippen molar-refractivity contribution in [3.63, 3.8) is 0 Å². The van der Waals surface area contributed by atoms with E-state index >= 15 is 0 Å². The molecule has 12 heavy (non-hydrogen) atoms. The summed E-state index contributed by atoms with van der Waals surface area (Å²) in [5.74, 6) is -0.138. The normalized spacial score (nSPS) is 9.83. The molecule has 1 amide bonds. The van der Waals surface area contributed by atoms with Crippen molar-refractivity contribution in [1.29, 1.82) is 0 Å². The highest BCUT2D eigenvalue weighted by Crippen LogP contribution is 1.89. The van der Waals surface area contributed by atoms with Gasteiger partial charge >= 0.3 is 0 Å². The molecule has 0 spiro atoms. The van der Waals surface area contributed by atoms with Gasteiger partial charge in [-0.1, -0.05) is 0 Å². The molecule has 66 valence electrons. The van der Waals surface area contributed by atoms with E-state index < -0.39 is 0 Å². The van der Waals surface area contributed by atoms with Crippen LogP contribution in [-0.4, -0.2) is 34.9 Å². The van der Waals surface area contributed by atoms with Crippen molar-refractivity contribution in [2.24, 2.45) is 0 Å². The second kappa shape index (κ2) is 3.87. The predicted molar refractivity (Wildman–Crippen MR) is 42.0 cm³/mol. The molecule has 0 atom stereocenters. The van der Waals surface area contributed by atoms with E-state index in [9.17, 15) is 4.79 Å². The van der Waals surface area contributed by atoms with Crippen molar-refractivity contribution >= 4 is 5.91 Å². The average Bonchev–Trinajstić information content (AvgIpc) is 2.55. The summed E-state index contributed by atoms with van der Waals surface area (Å²) in [6, 6.07) is 1.76. The van der Waals surface area contributed by atoms with Crippen molar-refractivity contribution in [2.45, 2.75) is 6.54 Å². The number of likely N-dealkylation sites (N-methyl/N-ethyl adjacent to an activating group) is 1. The quantitative estimate of drug-likeness (QED) is 0.594. The molecule has 0 aliphatic carbocycles. The molecule has 0 fully saturated rings. The van der Waals surface area contributed by atoms with Gasteiger partial charge in [0, 0.05) is 19.4 Å². The molecule has 0 aliphatic rings. The van der Waals surface area contributed by atoms with Gasteiger partial charge in [-0.2, -0.15) is 5.10 Å². The number of carbonyl (C=O) groups is 1. The van der Waals surface area contributed by atoms with Gasteiger partial charge in [0.05, 0.1) is 7.11 Å². The maximum Gasteiger partial charge on any atom is 0.267 e. The zero-order valence-corrected chi connectivity index (χ0v) is 7.10. The SMILES string of the molecule is CON(C)C(=O)Cn1cccn1. The van der Waals surface area contributed by atoms with E-state index in [2.05, 4.69) is 5.10 Å². The minimum Gasteiger partial charge on any atom is -0.275 e. The molecule has 0 saturated carbocycles. The van der Waals surface area contributed by atoms with Gasteiger partial charge < -0.3 is 0 Å². The molecule has 0 N–H and O–H groups in total. The Labute approximate surface area is 70.5 Å². The molecular weight excluding hydrogens is 158 g/mol. The number of hydroxylamine groups is 2. The van der Waals surface area contributed by atoms with E-state index in [0.29, 0.717) is 0 Å². The van der Waals surface area contributed by atoms with Gasteiger partial charge in [-0.15, -0.1) is 0 Å². The van der Waals surface area contributed by atoms with Crippen LogP contribution in [0.4, 0.5) is 0 Å². The molecule has 0 bridgehead atoms. The Balaban J connectivity index is 2.47. The summed E-state index contributed by atoms with van der Waals surface area (Å²) >= 11 is 0. The topological polar surface area (TPSA) is 47.4 Å². The van der Waals surface area contributed by atoms with Gasteiger partial charge in [0.1, 0.15) is 6.54 Å². The summed E-state index contributed by atoms with van der Waals surface area (Å²) < 4.78 is 1.54. The van der Waals surface area contributed by atoms with Gasteiger partial charge in [-0.05, 0) is 6.07 Å². The average molecular weight is 169 g/mol. The molecule has 1 heterocycles. The van der Waals surface area contributed by atoms with Crippen LogP contribution in [-0.2, 0) is 16.2 Å². The largest absolute Gasteiger partial charge is 0.275 e. The maximum atomic E-state index is 11.2. The molecule has 0 aromatic carbocycles. The molecule has 1 aromatic heterocycles. The van der Waals surface area contributed by atoms with Crippen LogP contribution in [0.2, 0.25) is 0 Å². The summed E-state index contributed by atoms with van der Waals surface area (Å²) in [6.07, 6.45) is 3.35. The van der Waals surface area contributed by atoms with Gasteiger partial charge in [0.2, 0.25) is 0 Å². The lowest BCUT2D eigenvalue weighted by Crippen LogP contribution is -2.29. The first kappa shape index (κ1) is 8.73. The first-order chi connectivity index (χ1) is 5.74. The van der Waals surface area contributed by atoms with Crippen LogP contribution in [0.3, 0.4) is 0 Å². The van der Waals surface area contributed by atoms with Gasteiger partial charge in [-0.3, -0.25) is 14.3 Å². The standard InChI is InChI=1S/C7H11N3O2/c1-9(12-2)7(11)6-10-5-3-4-8-10/h3-5H,6H2,1-2H3. The number of rotatable bonds is 3. The Kier molecular flexibility index (Phi) is 2.82. The number of nitrogens with zero attached hydrogens (tertiary/aromatic N) is 3. The first-order valence-corrected chi connectivity index (χ1v) is 3.52. The summed E-state index contributed by atoms with van der Waals surface area (Å²) in [5.41, 5.74) is 0. The zero-order chi connectivity index (χ0) is 8.97. The van der Waals surface area contributed by atoms with Crippen LogP contribution in [0.25, 0.3) is 0 Å². The van der Waals surface area contributed by atoms with Crippen molar-refractivity contribution in [1.82, 2.24) is 14.8 Å². The van der Waals surface area contributed by atoms with E-state index in [1.54, 1.807) is 25.5 Å². The van der Waals surface area contributed by atoms with E-state index in [4.69, 9.17) is 4.84 Å². The van der Waals surface area contributed by atoms with Crippen LogP contribution < -0.4 is 0 Å². The molecule has 1 rings (SSSR count). The van der Waals surface area contributed by atoms with Crippen molar-refractivity contribution in [2.75, 3.05) is 14.2 Å². The van der Waals surface area contributed by atoms with E-state index in [1.807, 2.05) is 0 Å². The predicted octanol–water partition coefficient (Wildman–Crippen LogP) is -0.0971. The fraction of sp³-hybridized carbons (Fsp3) is 0.429. The minimum atomic E-state index is -0.138. The maximum absolute atomic E-state index is 11.2. The summed E-state index contributed by atoms with van der Waals surface area (Å²) in [7, 11) is 3.01. The Morgan fingerprint density at radius 2 is 2.50 bits per heavy atom.